The summed E-state index contributed by atoms with van der Waals surface area (Å²) in [6.07, 6.45) is 3.68. The highest BCUT2D eigenvalue weighted by molar-refractivity contribution is 8.00. The second-order valence-electron chi connectivity index (χ2n) is 4.70. The Bertz CT molecular complexity index is 605. The highest BCUT2D eigenvalue weighted by Crippen LogP contribution is 2.26. The maximum absolute atomic E-state index is 11.9. The molecule has 2 aromatic heterocycles. The molecule has 1 fully saturated rings. The predicted octanol–water partition coefficient (Wildman–Crippen LogP) is 1.01. The van der Waals surface area contributed by atoms with E-state index >= 15 is 0 Å². The zero-order valence-corrected chi connectivity index (χ0v) is 11.8. The molecule has 2 aromatic rings. The van der Waals surface area contributed by atoms with Crippen molar-refractivity contribution in [2.45, 2.75) is 36.2 Å². The number of furan rings is 1. The van der Waals surface area contributed by atoms with Crippen LogP contribution in [-0.2, 0) is 4.79 Å². The first-order valence-corrected chi connectivity index (χ1v) is 7.24. The maximum Gasteiger partial charge on any atom is 0.233 e. The molecule has 0 bridgehead atoms. The Balaban J connectivity index is 1.69. The number of nitrogens with two attached hydrogens (primary N) is 1. The lowest BCUT2D eigenvalue weighted by Gasteiger charge is -2.10. The van der Waals surface area contributed by atoms with Crippen LogP contribution in [0.2, 0.25) is 0 Å². The van der Waals surface area contributed by atoms with E-state index < -0.39 is 0 Å². The molecule has 0 aliphatic heterocycles. The number of aromatic nitrogens is 3. The molecule has 1 aliphatic carbocycles. The number of rotatable bonds is 5. The van der Waals surface area contributed by atoms with Gasteiger partial charge in [-0.15, -0.1) is 10.2 Å². The van der Waals surface area contributed by atoms with Crippen molar-refractivity contribution in [2.24, 2.45) is 0 Å². The summed E-state index contributed by atoms with van der Waals surface area (Å²) >= 11 is 1.28. The number of nitrogens with one attached hydrogen (secondary N) is 1. The monoisotopic (exact) mass is 293 g/mol. The number of thioether (sulfide) groups is 1. The van der Waals surface area contributed by atoms with E-state index in [1.165, 1.54) is 16.4 Å². The van der Waals surface area contributed by atoms with Gasteiger partial charge in [0.2, 0.25) is 16.9 Å². The minimum atomic E-state index is -0.272. The van der Waals surface area contributed by atoms with Crippen molar-refractivity contribution in [3.05, 3.63) is 18.4 Å². The molecule has 0 aromatic carbocycles. The van der Waals surface area contributed by atoms with Crippen LogP contribution >= 0.6 is 11.8 Å². The first-order chi connectivity index (χ1) is 9.65. The van der Waals surface area contributed by atoms with Gasteiger partial charge in [0.05, 0.1) is 11.5 Å². The third-order valence-electron chi connectivity index (χ3n) is 2.98. The van der Waals surface area contributed by atoms with Crippen LogP contribution in [0.4, 0.5) is 0 Å². The van der Waals surface area contributed by atoms with Crippen LogP contribution in [0.15, 0.2) is 28.0 Å². The number of nitrogen functional groups attached to an aromatic ring is 1. The summed E-state index contributed by atoms with van der Waals surface area (Å²) in [5.41, 5.74) is 0. The molecule has 8 heteroatoms. The Morgan fingerprint density at radius 1 is 1.60 bits per heavy atom. The van der Waals surface area contributed by atoms with Gasteiger partial charge < -0.3 is 15.6 Å². The summed E-state index contributed by atoms with van der Waals surface area (Å²) in [6, 6.07) is 3.85. The molecule has 1 atom stereocenters. The van der Waals surface area contributed by atoms with Gasteiger partial charge in [-0.05, 0) is 31.9 Å². The summed E-state index contributed by atoms with van der Waals surface area (Å²) in [6.45, 7) is 1.82. The van der Waals surface area contributed by atoms with Crippen molar-refractivity contribution in [3.63, 3.8) is 0 Å². The molecule has 1 aliphatic rings. The van der Waals surface area contributed by atoms with Crippen LogP contribution in [0.3, 0.4) is 0 Å². The second kappa shape index (κ2) is 5.20. The zero-order valence-electron chi connectivity index (χ0n) is 10.9. The van der Waals surface area contributed by atoms with E-state index in [2.05, 4.69) is 15.5 Å². The van der Waals surface area contributed by atoms with Gasteiger partial charge >= 0.3 is 0 Å². The van der Waals surface area contributed by atoms with Gasteiger partial charge in [0.25, 0.3) is 0 Å². The van der Waals surface area contributed by atoms with E-state index in [0.717, 1.165) is 12.8 Å². The zero-order chi connectivity index (χ0) is 14.1. The average Bonchev–Trinajstić information content (AvgIpc) is 2.94. The molecule has 0 spiro atoms. The van der Waals surface area contributed by atoms with E-state index in [1.807, 2.05) is 6.92 Å². The lowest BCUT2D eigenvalue weighted by molar-refractivity contribution is -0.120. The van der Waals surface area contributed by atoms with Crippen molar-refractivity contribution in [3.8, 4) is 11.6 Å². The molecule has 3 rings (SSSR count). The molecule has 1 saturated carbocycles. The molecule has 3 N–H and O–H groups in total. The number of carbonyl (C=O) groups is 1. The molecule has 2 heterocycles. The van der Waals surface area contributed by atoms with Crippen LogP contribution in [0.25, 0.3) is 11.6 Å². The molecule has 106 valence electrons. The SMILES string of the molecule is C[C@@H](Sc1nnc(-c2ccco2)n1N)C(=O)NC1CC1. The fourth-order valence-corrected chi connectivity index (χ4v) is 2.47. The largest absolute Gasteiger partial charge is 0.461 e. The van der Waals surface area contributed by atoms with Gasteiger partial charge in [-0.1, -0.05) is 11.8 Å². The van der Waals surface area contributed by atoms with Gasteiger partial charge in [0.1, 0.15) is 0 Å². The molecule has 0 unspecified atom stereocenters. The first-order valence-electron chi connectivity index (χ1n) is 6.36. The number of hydrogen-bond acceptors (Lipinski definition) is 6. The fourth-order valence-electron chi connectivity index (χ4n) is 1.69. The minimum absolute atomic E-state index is 0.0000450. The predicted molar refractivity (Wildman–Crippen MR) is 74.4 cm³/mol. The van der Waals surface area contributed by atoms with E-state index in [-0.39, 0.29) is 11.2 Å². The van der Waals surface area contributed by atoms with Crippen LogP contribution < -0.4 is 11.2 Å². The standard InChI is InChI=1S/C12H15N5O2S/c1-7(11(18)14-8-4-5-8)20-12-16-15-10(17(12)13)9-3-2-6-19-9/h2-3,6-8H,4-5,13H2,1H3,(H,14,18)/t7-/m1/s1. The van der Waals surface area contributed by atoms with E-state index in [1.54, 1.807) is 18.4 Å². The summed E-state index contributed by atoms with van der Waals surface area (Å²) in [5.74, 6) is 6.92. The Morgan fingerprint density at radius 3 is 3.05 bits per heavy atom. The fraction of sp³-hybridized carbons (Fsp3) is 0.417. The highest BCUT2D eigenvalue weighted by atomic mass is 32.2. The van der Waals surface area contributed by atoms with Gasteiger partial charge in [-0.25, -0.2) is 4.68 Å². The summed E-state index contributed by atoms with van der Waals surface area (Å²) in [4.78, 5) is 11.9. The Hall–Kier alpha value is -1.96. The third-order valence-corrected chi connectivity index (χ3v) is 4.04. The number of amides is 1. The molecule has 0 saturated heterocycles. The quantitative estimate of drug-likeness (QED) is 0.630. The molecule has 1 amide bonds. The molecule has 7 nitrogen and oxygen atoms in total. The van der Waals surface area contributed by atoms with Gasteiger partial charge in [-0.2, -0.15) is 0 Å². The number of nitrogens with zero attached hydrogens (tertiary/aromatic N) is 3. The maximum atomic E-state index is 11.9. The van der Waals surface area contributed by atoms with Crippen molar-refractivity contribution in [2.75, 3.05) is 5.84 Å². The van der Waals surface area contributed by atoms with Crippen LogP contribution in [0.1, 0.15) is 19.8 Å². The second-order valence-corrected chi connectivity index (χ2v) is 6.00. The minimum Gasteiger partial charge on any atom is -0.461 e. The number of hydrogen-bond donors (Lipinski definition) is 2. The molecule has 20 heavy (non-hydrogen) atoms. The van der Waals surface area contributed by atoms with Crippen molar-refractivity contribution in [1.29, 1.82) is 0 Å². The van der Waals surface area contributed by atoms with Gasteiger partial charge in [0, 0.05) is 6.04 Å². The Kier molecular flexibility index (Phi) is 3.39. The summed E-state index contributed by atoms with van der Waals surface area (Å²) < 4.78 is 6.57. The van der Waals surface area contributed by atoms with Crippen molar-refractivity contribution >= 4 is 17.7 Å². The molecular formula is C12H15N5O2S. The number of carbonyl (C=O) groups excluding carboxylic acids is 1. The summed E-state index contributed by atoms with van der Waals surface area (Å²) in [7, 11) is 0. The van der Waals surface area contributed by atoms with E-state index in [0.29, 0.717) is 22.8 Å². The summed E-state index contributed by atoms with van der Waals surface area (Å²) in [5, 5.41) is 11.1. The van der Waals surface area contributed by atoms with E-state index in [4.69, 9.17) is 10.3 Å². The lowest BCUT2D eigenvalue weighted by atomic mass is 10.4. The van der Waals surface area contributed by atoms with Gasteiger partial charge in [-0.3, -0.25) is 4.79 Å². The Labute approximate surface area is 119 Å². The van der Waals surface area contributed by atoms with Crippen LogP contribution in [-0.4, -0.2) is 32.1 Å². The van der Waals surface area contributed by atoms with Crippen LogP contribution in [0, 0.1) is 0 Å². The molecule has 0 radical (unpaired) electrons. The smallest absolute Gasteiger partial charge is 0.233 e. The first kappa shape index (κ1) is 13.0. The lowest BCUT2D eigenvalue weighted by Crippen LogP contribution is -2.32. The van der Waals surface area contributed by atoms with E-state index in [9.17, 15) is 4.79 Å². The third kappa shape index (κ3) is 2.64. The van der Waals surface area contributed by atoms with Crippen molar-refractivity contribution in [1.82, 2.24) is 20.2 Å². The normalized spacial score (nSPS) is 16.1. The van der Waals surface area contributed by atoms with Gasteiger partial charge in [0.15, 0.2) is 5.76 Å². The topological polar surface area (TPSA) is 99.0 Å². The van der Waals surface area contributed by atoms with Crippen LogP contribution in [0.5, 0.6) is 0 Å². The molecular weight excluding hydrogens is 278 g/mol. The van der Waals surface area contributed by atoms with Crippen molar-refractivity contribution < 1.29 is 9.21 Å². The average molecular weight is 293 g/mol. The highest BCUT2D eigenvalue weighted by Gasteiger charge is 2.27. The Morgan fingerprint density at radius 2 is 2.40 bits per heavy atom.